The summed E-state index contributed by atoms with van der Waals surface area (Å²) in [7, 11) is 0. The second kappa shape index (κ2) is 4.61. The Bertz CT molecular complexity index is 572. The summed E-state index contributed by atoms with van der Waals surface area (Å²) in [6.45, 7) is 0. The largest absolute Gasteiger partial charge is 0.295 e. The molecular formula is C15H15NO3. The molecule has 1 aromatic carbocycles. The van der Waals surface area contributed by atoms with Crippen molar-refractivity contribution in [1.82, 2.24) is 0 Å². The summed E-state index contributed by atoms with van der Waals surface area (Å²) in [6, 6.07) is 6.64. The zero-order valence-corrected chi connectivity index (χ0v) is 10.6. The van der Waals surface area contributed by atoms with Crippen LogP contribution in [0.25, 0.3) is 0 Å². The summed E-state index contributed by atoms with van der Waals surface area (Å²) >= 11 is 0. The fourth-order valence-electron chi connectivity index (χ4n) is 3.21. The Balaban J connectivity index is 1.92. The highest BCUT2D eigenvalue weighted by atomic mass is 16.6. The molecule has 0 spiro atoms. The lowest BCUT2D eigenvalue weighted by Crippen LogP contribution is -2.02. The summed E-state index contributed by atoms with van der Waals surface area (Å²) < 4.78 is 0. The zero-order valence-electron chi connectivity index (χ0n) is 10.6. The first-order chi connectivity index (χ1) is 9.16. The van der Waals surface area contributed by atoms with Gasteiger partial charge in [-0.15, -0.1) is 0 Å². The second-order valence-corrected chi connectivity index (χ2v) is 5.24. The van der Waals surface area contributed by atoms with Crippen LogP contribution in [0.1, 0.15) is 43.6 Å². The smallest absolute Gasteiger partial charge is 0.269 e. The lowest BCUT2D eigenvalue weighted by molar-refractivity contribution is -0.384. The Morgan fingerprint density at radius 1 is 1.11 bits per heavy atom. The zero-order chi connectivity index (χ0) is 13.4. The molecule has 1 aromatic rings. The highest BCUT2D eigenvalue weighted by Crippen LogP contribution is 2.44. The van der Waals surface area contributed by atoms with Gasteiger partial charge in [-0.1, -0.05) is 17.7 Å². The summed E-state index contributed by atoms with van der Waals surface area (Å²) in [4.78, 5) is 22.3. The van der Waals surface area contributed by atoms with E-state index in [1.165, 1.54) is 17.7 Å². The number of non-ortho nitro benzene ring substituents is 1. The average Bonchev–Trinajstić information content (AvgIpc) is 2.77. The molecule has 0 N–H and O–H groups in total. The number of rotatable bonds is 2. The third-order valence-corrected chi connectivity index (χ3v) is 4.16. The normalized spacial score (nSPS) is 22.5. The van der Waals surface area contributed by atoms with Gasteiger partial charge < -0.3 is 0 Å². The molecule has 0 saturated carbocycles. The molecule has 0 saturated heterocycles. The maximum Gasteiger partial charge on any atom is 0.269 e. The summed E-state index contributed by atoms with van der Waals surface area (Å²) in [5.41, 5.74) is 3.46. The number of hydrogen-bond donors (Lipinski definition) is 0. The molecule has 4 heteroatoms. The SMILES string of the molecule is O=C1CC(c2ccc([N+](=O)[O-])cc2)C2=C1CCCC2. The van der Waals surface area contributed by atoms with Crippen LogP contribution in [0.3, 0.4) is 0 Å². The third kappa shape index (κ3) is 2.07. The van der Waals surface area contributed by atoms with Crippen molar-refractivity contribution in [2.75, 3.05) is 0 Å². The van der Waals surface area contributed by atoms with Gasteiger partial charge >= 0.3 is 0 Å². The molecule has 1 atom stereocenters. The Morgan fingerprint density at radius 3 is 2.47 bits per heavy atom. The van der Waals surface area contributed by atoms with E-state index in [1.807, 2.05) is 0 Å². The lowest BCUT2D eigenvalue weighted by Gasteiger charge is -2.18. The fourth-order valence-corrected chi connectivity index (χ4v) is 3.21. The van der Waals surface area contributed by atoms with E-state index >= 15 is 0 Å². The van der Waals surface area contributed by atoms with Gasteiger partial charge in [0.25, 0.3) is 5.69 Å². The van der Waals surface area contributed by atoms with Crippen LogP contribution in [0, 0.1) is 10.1 Å². The molecule has 19 heavy (non-hydrogen) atoms. The molecule has 0 fully saturated rings. The molecule has 0 aromatic heterocycles. The number of hydrogen-bond acceptors (Lipinski definition) is 3. The van der Waals surface area contributed by atoms with Crippen molar-refractivity contribution in [2.45, 2.75) is 38.0 Å². The van der Waals surface area contributed by atoms with E-state index < -0.39 is 4.92 Å². The highest BCUT2D eigenvalue weighted by molar-refractivity contribution is 6.00. The van der Waals surface area contributed by atoms with Crippen LogP contribution in [-0.2, 0) is 4.79 Å². The predicted octanol–water partition coefficient (Wildman–Crippen LogP) is 3.52. The number of Topliss-reactive ketones (excluding diaryl/α,β-unsaturated/α-hetero) is 1. The predicted molar refractivity (Wildman–Crippen MR) is 71.0 cm³/mol. The standard InChI is InChI=1S/C15H15NO3/c17-15-9-14(12-3-1-2-4-13(12)15)10-5-7-11(8-6-10)16(18)19/h5-8,14H,1-4,9H2. The molecule has 0 bridgehead atoms. The average molecular weight is 257 g/mol. The van der Waals surface area contributed by atoms with Crippen LogP contribution in [0.15, 0.2) is 35.4 Å². The van der Waals surface area contributed by atoms with Gasteiger partial charge in [-0.25, -0.2) is 0 Å². The molecule has 2 aliphatic carbocycles. The number of carbonyl (C=O) groups is 1. The van der Waals surface area contributed by atoms with Crippen molar-refractivity contribution in [2.24, 2.45) is 0 Å². The fraction of sp³-hybridized carbons (Fsp3) is 0.400. The molecule has 0 radical (unpaired) electrons. The van der Waals surface area contributed by atoms with Crippen molar-refractivity contribution in [1.29, 1.82) is 0 Å². The van der Waals surface area contributed by atoms with E-state index in [-0.39, 0.29) is 17.4 Å². The quantitative estimate of drug-likeness (QED) is 0.601. The van der Waals surface area contributed by atoms with E-state index in [9.17, 15) is 14.9 Å². The van der Waals surface area contributed by atoms with Crippen molar-refractivity contribution < 1.29 is 9.72 Å². The summed E-state index contributed by atoms with van der Waals surface area (Å²) in [5, 5.41) is 10.7. The van der Waals surface area contributed by atoms with Gasteiger partial charge in [-0.3, -0.25) is 14.9 Å². The number of nitro groups is 1. The Kier molecular flexibility index (Phi) is 2.93. The number of benzene rings is 1. The van der Waals surface area contributed by atoms with E-state index in [0.29, 0.717) is 6.42 Å². The molecule has 0 heterocycles. The number of allylic oxidation sites excluding steroid dienone is 2. The van der Waals surface area contributed by atoms with Crippen molar-refractivity contribution in [3.05, 3.63) is 51.1 Å². The van der Waals surface area contributed by atoms with E-state index in [4.69, 9.17) is 0 Å². The van der Waals surface area contributed by atoms with Crippen molar-refractivity contribution >= 4 is 11.5 Å². The van der Waals surface area contributed by atoms with E-state index in [1.54, 1.807) is 12.1 Å². The van der Waals surface area contributed by atoms with Crippen LogP contribution in [0.4, 0.5) is 5.69 Å². The third-order valence-electron chi connectivity index (χ3n) is 4.16. The molecule has 1 unspecified atom stereocenters. The van der Waals surface area contributed by atoms with E-state index in [0.717, 1.165) is 36.8 Å². The van der Waals surface area contributed by atoms with Crippen LogP contribution >= 0.6 is 0 Å². The van der Waals surface area contributed by atoms with Gasteiger partial charge in [0.15, 0.2) is 5.78 Å². The van der Waals surface area contributed by atoms with Gasteiger partial charge in [0.05, 0.1) is 4.92 Å². The minimum Gasteiger partial charge on any atom is -0.295 e. The molecule has 2 aliphatic rings. The van der Waals surface area contributed by atoms with Crippen LogP contribution in [-0.4, -0.2) is 10.7 Å². The number of nitro benzene ring substituents is 1. The Hall–Kier alpha value is -1.97. The second-order valence-electron chi connectivity index (χ2n) is 5.24. The summed E-state index contributed by atoms with van der Waals surface area (Å²) in [6.07, 6.45) is 4.72. The van der Waals surface area contributed by atoms with Gasteiger partial charge in [0, 0.05) is 24.5 Å². The maximum atomic E-state index is 12.0. The van der Waals surface area contributed by atoms with Gasteiger partial charge in [0.2, 0.25) is 0 Å². The van der Waals surface area contributed by atoms with Gasteiger partial charge in [-0.05, 0) is 36.8 Å². The molecule has 0 amide bonds. The first-order valence-corrected chi connectivity index (χ1v) is 6.66. The monoisotopic (exact) mass is 257 g/mol. The maximum absolute atomic E-state index is 12.0. The Morgan fingerprint density at radius 2 is 1.79 bits per heavy atom. The first kappa shape index (κ1) is 12.1. The topological polar surface area (TPSA) is 60.2 Å². The molecule has 0 aliphatic heterocycles. The molecular weight excluding hydrogens is 242 g/mol. The van der Waals surface area contributed by atoms with Crippen LogP contribution in [0.5, 0.6) is 0 Å². The minimum absolute atomic E-state index is 0.103. The van der Waals surface area contributed by atoms with Crippen LogP contribution in [0.2, 0.25) is 0 Å². The number of ketones is 1. The Labute approximate surface area is 111 Å². The van der Waals surface area contributed by atoms with Gasteiger partial charge in [-0.2, -0.15) is 0 Å². The summed E-state index contributed by atoms with van der Waals surface area (Å²) in [5.74, 6) is 0.432. The molecule has 98 valence electrons. The molecule has 3 rings (SSSR count). The van der Waals surface area contributed by atoms with Crippen molar-refractivity contribution in [3.8, 4) is 0 Å². The highest BCUT2D eigenvalue weighted by Gasteiger charge is 2.34. The number of carbonyl (C=O) groups excluding carboxylic acids is 1. The van der Waals surface area contributed by atoms with Crippen LogP contribution < -0.4 is 0 Å². The van der Waals surface area contributed by atoms with E-state index in [2.05, 4.69) is 0 Å². The van der Waals surface area contributed by atoms with Crippen molar-refractivity contribution in [3.63, 3.8) is 0 Å². The number of nitrogens with zero attached hydrogens (tertiary/aromatic N) is 1. The van der Waals surface area contributed by atoms with Gasteiger partial charge in [0.1, 0.15) is 0 Å². The lowest BCUT2D eigenvalue weighted by atomic mass is 9.86. The minimum atomic E-state index is -0.394. The first-order valence-electron chi connectivity index (χ1n) is 6.66. The molecule has 4 nitrogen and oxygen atoms in total.